The summed E-state index contributed by atoms with van der Waals surface area (Å²) in [5, 5.41) is 2.72. The van der Waals surface area contributed by atoms with Gasteiger partial charge in [0.15, 0.2) is 0 Å². The molecule has 1 aliphatic heterocycles. The second-order valence-electron chi connectivity index (χ2n) is 7.34. The maximum atomic E-state index is 12.1. The van der Waals surface area contributed by atoms with Gasteiger partial charge in [0, 0.05) is 19.6 Å². The minimum absolute atomic E-state index is 0.00621. The van der Waals surface area contributed by atoms with Crippen molar-refractivity contribution in [3.8, 4) is 0 Å². The Morgan fingerprint density at radius 2 is 1.92 bits per heavy atom. The van der Waals surface area contributed by atoms with Crippen LogP contribution in [0.2, 0.25) is 0 Å². The smallest absolute Gasteiger partial charge is 0.317 e. The number of carbonyl (C=O) groups is 1. The minimum atomic E-state index is -0.0449. The molecule has 0 bridgehead atoms. The average molecular weight is 345 g/mol. The lowest BCUT2D eigenvalue weighted by atomic mass is 9.83. The number of ether oxygens (including phenoxy) is 1. The first-order chi connectivity index (χ1) is 12.2. The highest BCUT2D eigenvalue weighted by Crippen LogP contribution is 2.34. The number of nitrogens with zero attached hydrogens (tertiary/aromatic N) is 1. The summed E-state index contributed by atoms with van der Waals surface area (Å²) in [4.78, 5) is 13.9. The molecular formula is C20H31N3O2. The fourth-order valence-corrected chi connectivity index (χ4v) is 4.22. The van der Waals surface area contributed by atoms with Crippen molar-refractivity contribution in [2.45, 2.75) is 62.6 Å². The van der Waals surface area contributed by atoms with Crippen molar-refractivity contribution < 1.29 is 9.53 Å². The third-order valence-electron chi connectivity index (χ3n) is 5.75. The lowest BCUT2D eigenvalue weighted by Gasteiger charge is -2.40. The molecule has 0 unspecified atom stereocenters. The quantitative estimate of drug-likeness (QED) is 0.882. The van der Waals surface area contributed by atoms with E-state index >= 15 is 0 Å². The fraction of sp³-hybridized carbons (Fsp3) is 0.650. The second kappa shape index (κ2) is 8.68. The largest absolute Gasteiger partial charge is 0.376 e. The molecule has 1 saturated heterocycles. The van der Waals surface area contributed by atoms with Gasteiger partial charge in [0.25, 0.3) is 0 Å². The summed E-state index contributed by atoms with van der Waals surface area (Å²) in [7, 11) is 1.67. The molecule has 1 heterocycles. The molecule has 2 amide bonds. The molecule has 1 aliphatic carbocycles. The Labute approximate surface area is 150 Å². The van der Waals surface area contributed by atoms with E-state index in [2.05, 4.69) is 35.6 Å². The predicted molar refractivity (Wildman–Crippen MR) is 99.6 cm³/mol. The van der Waals surface area contributed by atoms with Gasteiger partial charge in [-0.3, -0.25) is 0 Å². The van der Waals surface area contributed by atoms with Crippen molar-refractivity contribution in [2.24, 2.45) is 5.73 Å². The van der Waals surface area contributed by atoms with Crippen molar-refractivity contribution in [2.75, 3.05) is 20.2 Å². The first-order valence-electron chi connectivity index (χ1n) is 9.59. The normalized spacial score (nSPS) is 30.1. The number of urea groups is 1. The van der Waals surface area contributed by atoms with Crippen LogP contribution in [0.1, 0.15) is 50.0 Å². The molecule has 2 aliphatic rings. The SMILES string of the molecule is CNC(=O)N1CCC[C@H](N)[C@@H]1CO[C@H]1CC[C@@H](c2ccccc2)CC1. The molecule has 2 fully saturated rings. The van der Waals surface area contributed by atoms with E-state index in [-0.39, 0.29) is 18.1 Å². The molecule has 1 aromatic carbocycles. The van der Waals surface area contributed by atoms with Crippen LogP contribution in [0.5, 0.6) is 0 Å². The van der Waals surface area contributed by atoms with Gasteiger partial charge in [-0.2, -0.15) is 0 Å². The van der Waals surface area contributed by atoms with E-state index < -0.39 is 0 Å². The average Bonchev–Trinajstić information content (AvgIpc) is 2.67. The third-order valence-corrected chi connectivity index (χ3v) is 5.75. The van der Waals surface area contributed by atoms with Crippen LogP contribution in [0.25, 0.3) is 0 Å². The van der Waals surface area contributed by atoms with Crippen molar-refractivity contribution >= 4 is 6.03 Å². The summed E-state index contributed by atoms with van der Waals surface area (Å²) < 4.78 is 6.20. The van der Waals surface area contributed by atoms with E-state index in [4.69, 9.17) is 10.5 Å². The van der Waals surface area contributed by atoms with Gasteiger partial charge in [-0.25, -0.2) is 4.79 Å². The predicted octanol–water partition coefficient (Wildman–Crippen LogP) is 2.86. The zero-order valence-corrected chi connectivity index (χ0v) is 15.2. The minimum Gasteiger partial charge on any atom is -0.376 e. The molecular weight excluding hydrogens is 314 g/mol. The van der Waals surface area contributed by atoms with Gasteiger partial charge in [0.1, 0.15) is 0 Å². The van der Waals surface area contributed by atoms with Gasteiger partial charge >= 0.3 is 6.03 Å². The van der Waals surface area contributed by atoms with Crippen LogP contribution in [0.15, 0.2) is 30.3 Å². The Morgan fingerprint density at radius 1 is 1.20 bits per heavy atom. The molecule has 1 saturated carbocycles. The second-order valence-corrected chi connectivity index (χ2v) is 7.34. The highest BCUT2D eigenvalue weighted by molar-refractivity contribution is 5.74. The van der Waals surface area contributed by atoms with Crippen LogP contribution in [0.3, 0.4) is 0 Å². The zero-order valence-electron chi connectivity index (χ0n) is 15.2. The van der Waals surface area contributed by atoms with Gasteiger partial charge in [0.2, 0.25) is 0 Å². The number of rotatable bonds is 4. The van der Waals surface area contributed by atoms with E-state index in [1.807, 2.05) is 4.90 Å². The van der Waals surface area contributed by atoms with Gasteiger partial charge < -0.3 is 20.7 Å². The number of amides is 2. The maximum Gasteiger partial charge on any atom is 0.317 e. The molecule has 138 valence electrons. The van der Waals surface area contributed by atoms with Gasteiger partial charge in [-0.15, -0.1) is 0 Å². The van der Waals surface area contributed by atoms with Crippen LogP contribution in [0, 0.1) is 0 Å². The molecule has 1 aromatic rings. The topological polar surface area (TPSA) is 67.6 Å². The molecule has 2 atom stereocenters. The number of hydrogen-bond acceptors (Lipinski definition) is 3. The van der Waals surface area contributed by atoms with E-state index in [1.165, 1.54) is 18.4 Å². The highest BCUT2D eigenvalue weighted by atomic mass is 16.5. The Bertz CT molecular complexity index is 543. The number of piperidine rings is 1. The van der Waals surface area contributed by atoms with Crippen LogP contribution >= 0.6 is 0 Å². The molecule has 5 nitrogen and oxygen atoms in total. The lowest BCUT2D eigenvalue weighted by molar-refractivity contribution is -0.0157. The van der Waals surface area contributed by atoms with Gasteiger partial charge in [-0.05, 0) is 50.0 Å². The Balaban J connectivity index is 1.49. The number of carbonyl (C=O) groups excluding carboxylic acids is 1. The number of benzene rings is 1. The Morgan fingerprint density at radius 3 is 2.60 bits per heavy atom. The van der Waals surface area contributed by atoms with Crippen LogP contribution in [0.4, 0.5) is 4.79 Å². The summed E-state index contributed by atoms with van der Waals surface area (Å²) in [5.74, 6) is 0.653. The maximum absolute atomic E-state index is 12.1. The first-order valence-corrected chi connectivity index (χ1v) is 9.59. The van der Waals surface area contributed by atoms with Crippen LogP contribution in [-0.2, 0) is 4.74 Å². The summed E-state index contributed by atoms with van der Waals surface area (Å²) in [6.45, 7) is 1.32. The van der Waals surface area contributed by atoms with Crippen molar-refractivity contribution in [3.63, 3.8) is 0 Å². The van der Waals surface area contributed by atoms with E-state index in [0.29, 0.717) is 18.6 Å². The standard InChI is InChI=1S/C20H31N3O2/c1-22-20(24)23-13-5-8-18(21)19(23)14-25-17-11-9-16(10-12-17)15-6-3-2-4-7-15/h2-4,6-7,16-19H,5,8-14,21H2,1H3,(H,22,24)/t16-,17+,18-,19-/m0/s1. The van der Waals surface area contributed by atoms with Crippen molar-refractivity contribution in [1.29, 1.82) is 0 Å². The molecule has 25 heavy (non-hydrogen) atoms. The lowest BCUT2D eigenvalue weighted by Crippen LogP contribution is -2.58. The van der Waals surface area contributed by atoms with Crippen molar-refractivity contribution in [3.05, 3.63) is 35.9 Å². The molecule has 0 aromatic heterocycles. The number of nitrogens with one attached hydrogen (secondary N) is 1. The number of likely N-dealkylation sites (tertiary alicyclic amines) is 1. The molecule has 3 rings (SSSR count). The molecule has 0 spiro atoms. The summed E-state index contributed by atoms with van der Waals surface area (Å²) in [5.41, 5.74) is 7.72. The number of nitrogens with two attached hydrogens (primary N) is 1. The molecule has 3 N–H and O–H groups in total. The van der Waals surface area contributed by atoms with E-state index in [0.717, 1.165) is 32.2 Å². The van der Waals surface area contributed by atoms with E-state index in [9.17, 15) is 4.79 Å². The monoisotopic (exact) mass is 345 g/mol. The number of hydrogen-bond donors (Lipinski definition) is 2. The highest BCUT2D eigenvalue weighted by Gasteiger charge is 2.33. The summed E-state index contributed by atoms with van der Waals surface area (Å²) in [6, 6.07) is 10.7. The third kappa shape index (κ3) is 4.53. The summed E-state index contributed by atoms with van der Waals surface area (Å²) >= 11 is 0. The van der Waals surface area contributed by atoms with Gasteiger partial charge in [0.05, 0.1) is 18.8 Å². The van der Waals surface area contributed by atoms with Crippen molar-refractivity contribution in [1.82, 2.24) is 10.2 Å². The Hall–Kier alpha value is -1.59. The molecule has 0 radical (unpaired) electrons. The van der Waals surface area contributed by atoms with Crippen LogP contribution < -0.4 is 11.1 Å². The summed E-state index contributed by atoms with van der Waals surface area (Å²) in [6.07, 6.45) is 6.73. The fourth-order valence-electron chi connectivity index (χ4n) is 4.22. The Kier molecular flexibility index (Phi) is 6.32. The zero-order chi connectivity index (χ0) is 17.6. The van der Waals surface area contributed by atoms with E-state index in [1.54, 1.807) is 7.05 Å². The molecule has 5 heteroatoms. The first kappa shape index (κ1) is 18.2. The van der Waals surface area contributed by atoms with Crippen LogP contribution in [-0.4, -0.2) is 49.3 Å². The van der Waals surface area contributed by atoms with Gasteiger partial charge in [-0.1, -0.05) is 30.3 Å².